The third kappa shape index (κ3) is 5.93. The van der Waals surface area contributed by atoms with Gasteiger partial charge >= 0.3 is 0 Å². The third-order valence-electron chi connectivity index (χ3n) is 6.30. The Balaban J connectivity index is 1.23. The highest BCUT2D eigenvalue weighted by Gasteiger charge is 2.17. The summed E-state index contributed by atoms with van der Waals surface area (Å²) < 4.78 is 33.9. The van der Waals surface area contributed by atoms with Crippen LogP contribution in [0, 0.1) is 0 Å². The van der Waals surface area contributed by atoms with Crippen molar-refractivity contribution >= 4 is 49.8 Å². The fraction of sp³-hybridized carbons (Fsp3) is 0.103. The summed E-state index contributed by atoms with van der Waals surface area (Å²) in [6.07, 6.45) is 3.65. The molecule has 11 nitrogen and oxygen atoms in total. The van der Waals surface area contributed by atoms with Gasteiger partial charge in [-0.2, -0.15) is 4.98 Å². The lowest BCUT2D eigenvalue weighted by Gasteiger charge is -2.14. The van der Waals surface area contributed by atoms with E-state index < -0.39 is 10.0 Å². The molecule has 12 heteroatoms. The quantitative estimate of drug-likeness (QED) is 0.238. The summed E-state index contributed by atoms with van der Waals surface area (Å²) in [6.45, 7) is 0.676. The molecule has 41 heavy (non-hydrogen) atoms. The Morgan fingerprint density at radius 1 is 0.927 bits per heavy atom. The fourth-order valence-electron chi connectivity index (χ4n) is 4.34. The van der Waals surface area contributed by atoms with Crippen molar-refractivity contribution in [3.05, 3.63) is 97.0 Å². The van der Waals surface area contributed by atoms with Crippen LogP contribution in [0.15, 0.2) is 96.2 Å². The van der Waals surface area contributed by atoms with Gasteiger partial charge < -0.3 is 20.7 Å². The first-order valence-electron chi connectivity index (χ1n) is 12.9. The largest absolute Gasteiger partial charge is 0.452 e. The number of fused-ring (bicyclic) bond motifs is 5. The van der Waals surface area contributed by atoms with Crippen molar-refractivity contribution in [2.45, 2.75) is 11.3 Å². The first-order chi connectivity index (χ1) is 19.9. The lowest BCUT2D eigenvalue weighted by Crippen LogP contribution is -2.26. The predicted octanol–water partition coefficient (Wildman–Crippen LogP) is 4.91. The monoisotopic (exact) mass is 567 g/mol. The summed E-state index contributed by atoms with van der Waals surface area (Å²) in [7, 11) is -3.64. The van der Waals surface area contributed by atoms with E-state index in [1.165, 1.54) is 18.3 Å². The zero-order valence-corrected chi connectivity index (χ0v) is 22.5. The molecule has 0 spiro atoms. The number of carbonyl (C=O) groups is 1. The average molecular weight is 568 g/mol. The zero-order chi connectivity index (χ0) is 28.2. The Bertz CT molecular complexity index is 1860. The number of rotatable bonds is 4. The van der Waals surface area contributed by atoms with Crippen LogP contribution in [0.3, 0.4) is 0 Å². The van der Waals surface area contributed by atoms with Crippen LogP contribution in [-0.2, 0) is 10.0 Å². The van der Waals surface area contributed by atoms with Crippen molar-refractivity contribution in [3.8, 4) is 11.5 Å². The molecule has 3 aromatic carbocycles. The Kier molecular flexibility index (Phi) is 7.15. The molecule has 0 saturated heterocycles. The van der Waals surface area contributed by atoms with Gasteiger partial charge in [0, 0.05) is 42.1 Å². The molecule has 0 fully saturated rings. The van der Waals surface area contributed by atoms with Gasteiger partial charge in [0.2, 0.25) is 16.0 Å². The van der Waals surface area contributed by atoms with Gasteiger partial charge in [0.15, 0.2) is 11.6 Å². The number of ether oxygens (including phenoxy) is 1. The first-order valence-corrected chi connectivity index (χ1v) is 14.3. The molecule has 1 aliphatic heterocycles. The number of benzene rings is 3. The highest BCUT2D eigenvalue weighted by atomic mass is 32.2. The second-order valence-corrected chi connectivity index (χ2v) is 11.0. The normalized spacial score (nSPS) is 14.3. The van der Waals surface area contributed by atoms with Crippen molar-refractivity contribution in [1.29, 1.82) is 0 Å². The number of sulfonamides is 1. The molecule has 4 N–H and O–H groups in total. The fourth-order valence-corrected chi connectivity index (χ4v) is 5.46. The number of anilines is 4. The zero-order valence-electron chi connectivity index (χ0n) is 21.7. The molecule has 206 valence electrons. The van der Waals surface area contributed by atoms with Crippen molar-refractivity contribution in [2.24, 2.45) is 0 Å². The lowest BCUT2D eigenvalue weighted by molar-refractivity contribution is 0.102. The topological polar surface area (TPSA) is 147 Å². The van der Waals surface area contributed by atoms with Gasteiger partial charge in [-0.1, -0.05) is 36.4 Å². The van der Waals surface area contributed by atoms with E-state index in [1.54, 1.807) is 42.6 Å². The second kappa shape index (κ2) is 11.2. The van der Waals surface area contributed by atoms with Crippen LogP contribution in [0.4, 0.5) is 23.1 Å². The van der Waals surface area contributed by atoms with E-state index >= 15 is 0 Å². The number of hydrogen-bond donors (Lipinski definition) is 4. The highest BCUT2D eigenvalue weighted by molar-refractivity contribution is 7.89. The number of pyridine rings is 1. The van der Waals surface area contributed by atoms with Gasteiger partial charge in [-0.3, -0.25) is 9.78 Å². The molecule has 5 aromatic rings. The maximum absolute atomic E-state index is 13.1. The molecule has 6 rings (SSSR count). The molecule has 1 aliphatic rings. The SMILES string of the molecule is O=C(Nc1cccc(Oc2cnc3nc2NCCCNS(=O)(=O)c2cccc(c2)N3)c1)c1nccc2ccccc12. The Morgan fingerprint density at radius 2 is 1.80 bits per heavy atom. The molecule has 1 amide bonds. The number of hydrogen-bond acceptors (Lipinski definition) is 9. The number of aromatic nitrogens is 3. The van der Waals surface area contributed by atoms with E-state index in [-0.39, 0.29) is 23.3 Å². The smallest absolute Gasteiger partial charge is 0.274 e. The van der Waals surface area contributed by atoms with E-state index in [0.29, 0.717) is 47.4 Å². The van der Waals surface area contributed by atoms with Gasteiger partial charge in [0.25, 0.3) is 5.91 Å². The minimum atomic E-state index is -3.64. The Morgan fingerprint density at radius 3 is 2.73 bits per heavy atom. The molecule has 4 bridgehead atoms. The maximum Gasteiger partial charge on any atom is 0.274 e. The summed E-state index contributed by atoms with van der Waals surface area (Å²) in [4.78, 5) is 26.4. The lowest BCUT2D eigenvalue weighted by atomic mass is 10.1. The number of amides is 1. The maximum atomic E-state index is 13.1. The van der Waals surface area contributed by atoms with Crippen LogP contribution in [0.2, 0.25) is 0 Å². The predicted molar refractivity (Wildman–Crippen MR) is 156 cm³/mol. The Labute approximate surface area is 236 Å². The second-order valence-electron chi connectivity index (χ2n) is 9.20. The number of nitrogens with zero attached hydrogens (tertiary/aromatic N) is 3. The third-order valence-corrected chi connectivity index (χ3v) is 7.76. The minimum Gasteiger partial charge on any atom is -0.452 e. The molecule has 0 unspecified atom stereocenters. The molecular formula is C29H25N7O4S. The Hall–Kier alpha value is -5.07. The summed E-state index contributed by atoms with van der Waals surface area (Å²) >= 11 is 0. The van der Waals surface area contributed by atoms with Crippen LogP contribution in [0.25, 0.3) is 10.8 Å². The van der Waals surface area contributed by atoms with Crippen LogP contribution in [0.5, 0.6) is 11.5 Å². The van der Waals surface area contributed by atoms with E-state index in [1.807, 2.05) is 30.3 Å². The summed E-state index contributed by atoms with van der Waals surface area (Å²) in [5.74, 6) is 1.18. The standard InChI is InChI=1S/C29H25N7O4S/c37-28(26-24-11-2-1-6-19(24)12-15-30-26)34-20-7-3-9-22(16-20)40-25-18-32-29-35-21-8-4-10-23(17-21)41(38,39)33-14-5-13-31-27(25)36-29/h1-4,6-12,15-18,33H,5,13-14H2,(H,34,37)(H2,31,32,35,36). The molecule has 0 aliphatic carbocycles. The van der Waals surface area contributed by atoms with E-state index in [2.05, 4.69) is 35.6 Å². The van der Waals surface area contributed by atoms with E-state index in [9.17, 15) is 13.2 Å². The van der Waals surface area contributed by atoms with Crippen molar-refractivity contribution in [3.63, 3.8) is 0 Å². The molecule has 0 atom stereocenters. The minimum absolute atomic E-state index is 0.151. The highest BCUT2D eigenvalue weighted by Crippen LogP contribution is 2.31. The molecule has 0 radical (unpaired) electrons. The van der Waals surface area contributed by atoms with Crippen molar-refractivity contribution in [1.82, 2.24) is 19.7 Å². The van der Waals surface area contributed by atoms with Crippen molar-refractivity contribution in [2.75, 3.05) is 29.0 Å². The molecule has 0 saturated carbocycles. The van der Waals surface area contributed by atoms with Crippen LogP contribution >= 0.6 is 0 Å². The molecule has 3 heterocycles. The first kappa shape index (κ1) is 26.2. The summed E-state index contributed by atoms with van der Waals surface area (Å²) in [6, 6.07) is 22.8. The molecular weight excluding hydrogens is 542 g/mol. The summed E-state index contributed by atoms with van der Waals surface area (Å²) in [5, 5.41) is 10.8. The van der Waals surface area contributed by atoms with E-state index in [4.69, 9.17) is 4.74 Å². The van der Waals surface area contributed by atoms with Gasteiger partial charge in [0.1, 0.15) is 11.4 Å². The van der Waals surface area contributed by atoms with Gasteiger partial charge in [-0.05, 0) is 48.2 Å². The molecule has 2 aromatic heterocycles. The van der Waals surface area contributed by atoms with Crippen LogP contribution in [-0.4, -0.2) is 42.4 Å². The van der Waals surface area contributed by atoms with Gasteiger partial charge in [-0.25, -0.2) is 18.1 Å². The van der Waals surface area contributed by atoms with Gasteiger partial charge in [0.05, 0.1) is 11.1 Å². The van der Waals surface area contributed by atoms with E-state index in [0.717, 1.165) is 10.8 Å². The average Bonchev–Trinajstić information content (AvgIpc) is 2.98. The van der Waals surface area contributed by atoms with Gasteiger partial charge in [-0.15, -0.1) is 0 Å². The van der Waals surface area contributed by atoms with Crippen LogP contribution in [0.1, 0.15) is 16.9 Å². The van der Waals surface area contributed by atoms with Crippen LogP contribution < -0.4 is 25.4 Å². The number of nitrogens with one attached hydrogen (secondary N) is 4. The summed E-state index contributed by atoms with van der Waals surface area (Å²) in [5.41, 5.74) is 1.38. The van der Waals surface area contributed by atoms with Crippen molar-refractivity contribution < 1.29 is 17.9 Å². The number of carbonyl (C=O) groups excluding carboxylic acids is 1.